The molecule has 20 heteroatoms. The largest absolute Gasteiger partial charge is 0.494 e. The molecule has 1 atom stereocenters. The Morgan fingerprint density at radius 3 is 2.36 bits per heavy atom. The first-order chi connectivity index (χ1) is 33.8. The fourth-order valence-electron chi connectivity index (χ4n) is 8.92. The molecule has 4 N–H and O–H groups in total. The van der Waals surface area contributed by atoms with E-state index in [9.17, 15) is 19.2 Å². The highest BCUT2D eigenvalue weighted by molar-refractivity contribution is 7.15. The van der Waals surface area contributed by atoms with E-state index in [0.29, 0.717) is 84.0 Å². The van der Waals surface area contributed by atoms with Crippen LogP contribution in [0.2, 0.25) is 5.02 Å². The summed E-state index contributed by atoms with van der Waals surface area (Å²) in [7, 11) is 4.65. The molecule has 1 fully saturated rings. The SMILES string of the molecule is CNC(=O)COc1cc2cc(Nc3ccnc(N4CCC(C(=O)NCCCCCCCNC(=O)C[C@@H]5N=C(c6ccc(Cl)cc6)c6c(sc(C)c6C)-n6c(C)nnc65)CC4)n3)cc(OC)c2n(C)c1=O. The van der Waals surface area contributed by atoms with Crippen LogP contribution in [0.5, 0.6) is 11.5 Å². The van der Waals surface area contributed by atoms with Crippen LogP contribution >= 0.6 is 22.9 Å². The van der Waals surface area contributed by atoms with E-state index < -0.39 is 11.6 Å². The number of thiophene rings is 1. The summed E-state index contributed by atoms with van der Waals surface area (Å²) in [6.45, 7) is 8.34. The maximum absolute atomic E-state index is 13.4. The van der Waals surface area contributed by atoms with Crippen molar-refractivity contribution in [2.24, 2.45) is 18.0 Å². The number of methoxy groups -OCH3 is 1. The molecule has 2 aliphatic heterocycles. The van der Waals surface area contributed by atoms with E-state index in [0.717, 1.165) is 65.3 Å². The summed E-state index contributed by atoms with van der Waals surface area (Å²) < 4.78 is 14.7. The molecule has 2 aliphatic rings. The number of ether oxygens (including phenoxy) is 2. The number of hydrogen-bond acceptors (Lipinski definition) is 14. The number of aryl methyl sites for hydroxylation is 3. The van der Waals surface area contributed by atoms with Crippen LogP contribution in [0.15, 0.2) is 64.5 Å². The lowest BCUT2D eigenvalue weighted by Crippen LogP contribution is -2.41. The van der Waals surface area contributed by atoms with E-state index in [1.165, 1.54) is 23.6 Å². The number of nitrogens with zero attached hydrogens (tertiary/aromatic N) is 8. The standard InChI is InChI=1S/C50H59ClN12O6S/c1-29-30(2)70-49-43(29)44(32-12-14-35(51)15-13-32)57-37(46-60-59-31(3)63(46)49)27-41(64)53-19-10-8-7-9-11-20-54-47(66)33-17-22-62(23-18-33)50-55-21-16-40(58-50)56-36-24-34-25-39(69-28-42(65)52-4)48(67)61(5)45(34)38(26-36)68-6/h12-16,21,24-26,33,37H,7-11,17-20,22-23,27-28H2,1-6H3,(H,52,65)(H,53,64)(H,54,66)(H,55,56,58)/t37-/m0/s1. The Bertz CT molecular complexity index is 2980. The molecule has 8 rings (SSSR count). The number of halogens is 1. The first-order valence-electron chi connectivity index (χ1n) is 23.6. The van der Waals surface area contributed by atoms with Gasteiger partial charge in [0, 0.05) is 90.6 Å². The van der Waals surface area contributed by atoms with E-state index in [2.05, 4.69) is 59.8 Å². The lowest BCUT2D eigenvalue weighted by molar-refractivity contribution is -0.125. The zero-order valence-electron chi connectivity index (χ0n) is 40.4. The number of nitrogens with one attached hydrogen (secondary N) is 4. The molecule has 368 valence electrons. The minimum absolute atomic E-state index is 0.0425. The average molecular weight is 992 g/mol. The molecule has 0 radical (unpaired) electrons. The highest BCUT2D eigenvalue weighted by Crippen LogP contribution is 2.40. The van der Waals surface area contributed by atoms with Gasteiger partial charge in [0.1, 0.15) is 28.4 Å². The number of hydrogen-bond donors (Lipinski definition) is 4. The van der Waals surface area contributed by atoms with Crippen molar-refractivity contribution in [2.75, 3.05) is 57.2 Å². The van der Waals surface area contributed by atoms with Crippen molar-refractivity contribution in [3.8, 4) is 16.5 Å². The summed E-state index contributed by atoms with van der Waals surface area (Å²) in [5.74, 6) is 2.61. The third-order valence-electron chi connectivity index (χ3n) is 12.9. The van der Waals surface area contributed by atoms with Gasteiger partial charge in [-0.3, -0.25) is 28.7 Å². The number of unbranched alkanes of at least 4 members (excludes halogenated alkanes) is 4. The third kappa shape index (κ3) is 11.1. The van der Waals surface area contributed by atoms with Crippen LogP contribution in [0.3, 0.4) is 0 Å². The number of aliphatic imine (C=N–C) groups is 1. The second-order valence-corrected chi connectivity index (χ2v) is 19.2. The van der Waals surface area contributed by atoms with Gasteiger partial charge >= 0.3 is 0 Å². The van der Waals surface area contributed by atoms with E-state index in [4.69, 9.17) is 31.1 Å². The topological polar surface area (TPSA) is 212 Å². The Morgan fingerprint density at radius 1 is 0.900 bits per heavy atom. The monoisotopic (exact) mass is 990 g/mol. The number of benzene rings is 2. The zero-order valence-corrected chi connectivity index (χ0v) is 41.9. The smallest absolute Gasteiger partial charge is 0.293 e. The second kappa shape index (κ2) is 22.3. The molecule has 1 saturated heterocycles. The van der Waals surface area contributed by atoms with Crippen molar-refractivity contribution in [1.29, 1.82) is 0 Å². The minimum atomic E-state index is -0.514. The Kier molecular flexibility index (Phi) is 15.8. The predicted octanol–water partition coefficient (Wildman–Crippen LogP) is 6.81. The normalized spacial score (nSPS) is 14.6. The van der Waals surface area contributed by atoms with E-state index in [1.807, 2.05) is 37.3 Å². The van der Waals surface area contributed by atoms with Crippen LogP contribution in [-0.4, -0.2) is 99.7 Å². The van der Waals surface area contributed by atoms with Gasteiger partial charge in [0.05, 0.1) is 24.8 Å². The van der Waals surface area contributed by atoms with Gasteiger partial charge in [-0.25, -0.2) is 4.98 Å². The van der Waals surface area contributed by atoms with Gasteiger partial charge in [-0.1, -0.05) is 43.0 Å². The van der Waals surface area contributed by atoms with Crippen LogP contribution in [0.1, 0.15) is 90.6 Å². The summed E-state index contributed by atoms with van der Waals surface area (Å²) >= 11 is 7.94. The number of aromatic nitrogens is 6. The average Bonchev–Trinajstić information content (AvgIpc) is 3.84. The summed E-state index contributed by atoms with van der Waals surface area (Å²) in [5, 5.41) is 23.3. The van der Waals surface area contributed by atoms with Gasteiger partial charge in [0.15, 0.2) is 18.2 Å². The van der Waals surface area contributed by atoms with Crippen molar-refractivity contribution < 1.29 is 23.9 Å². The molecule has 0 bridgehead atoms. The number of rotatable bonds is 19. The fourth-order valence-corrected chi connectivity index (χ4v) is 10.3. The molecule has 0 saturated carbocycles. The zero-order chi connectivity index (χ0) is 49.5. The van der Waals surface area contributed by atoms with Crippen LogP contribution < -0.4 is 41.2 Å². The number of likely N-dealkylation sites (N-methyl/N-ethyl adjacent to an activating group) is 1. The summed E-state index contributed by atoms with van der Waals surface area (Å²) in [6, 6.07) is 14.1. The van der Waals surface area contributed by atoms with Gasteiger partial charge in [-0.2, -0.15) is 4.98 Å². The highest BCUT2D eigenvalue weighted by atomic mass is 35.5. The van der Waals surface area contributed by atoms with Gasteiger partial charge in [-0.05, 0) is 82.3 Å². The second-order valence-electron chi connectivity index (χ2n) is 17.6. The predicted molar refractivity (Wildman–Crippen MR) is 273 cm³/mol. The molecule has 0 spiro atoms. The summed E-state index contributed by atoms with van der Waals surface area (Å²) in [5.41, 5.74) is 4.78. The number of piperidine rings is 1. The Labute approximate surface area is 415 Å². The highest BCUT2D eigenvalue weighted by Gasteiger charge is 2.33. The van der Waals surface area contributed by atoms with Gasteiger partial charge in [0.2, 0.25) is 17.8 Å². The van der Waals surface area contributed by atoms with E-state index in [1.54, 1.807) is 42.8 Å². The molecule has 2 aromatic carbocycles. The molecular weight excluding hydrogens is 932 g/mol. The fraction of sp³-hybridized carbons (Fsp3) is 0.420. The number of anilines is 3. The first kappa shape index (κ1) is 49.6. The maximum atomic E-state index is 13.4. The van der Waals surface area contributed by atoms with Crippen LogP contribution in [0.4, 0.5) is 17.5 Å². The Hall–Kier alpha value is -6.86. The molecule has 6 heterocycles. The number of fused-ring (bicyclic) bond motifs is 4. The van der Waals surface area contributed by atoms with Crippen molar-refractivity contribution in [3.63, 3.8) is 0 Å². The molecule has 70 heavy (non-hydrogen) atoms. The van der Waals surface area contributed by atoms with E-state index in [-0.39, 0.29) is 42.4 Å². The quantitative estimate of drug-likeness (QED) is 0.0617. The van der Waals surface area contributed by atoms with E-state index >= 15 is 0 Å². The molecule has 0 unspecified atom stereocenters. The minimum Gasteiger partial charge on any atom is -0.494 e. The van der Waals surface area contributed by atoms with Crippen LogP contribution in [-0.2, 0) is 21.4 Å². The van der Waals surface area contributed by atoms with Gasteiger partial charge < -0.3 is 40.2 Å². The molecular formula is C50H59ClN12O6S. The van der Waals surface area contributed by atoms with Crippen LogP contribution in [0, 0.1) is 26.7 Å². The van der Waals surface area contributed by atoms with Crippen molar-refractivity contribution in [3.05, 3.63) is 103 Å². The Balaban J connectivity index is 0.752. The Morgan fingerprint density at radius 2 is 1.63 bits per heavy atom. The number of carbonyl (C=O) groups is 3. The molecule has 6 aromatic rings. The van der Waals surface area contributed by atoms with Gasteiger partial charge in [0.25, 0.3) is 11.5 Å². The molecule has 3 amide bonds. The van der Waals surface area contributed by atoms with Crippen molar-refractivity contribution >= 4 is 74.7 Å². The number of amides is 3. The maximum Gasteiger partial charge on any atom is 0.293 e. The lowest BCUT2D eigenvalue weighted by Gasteiger charge is -2.31. The van der Waals surface area contributed by atoms with Crippen molar-refractivity contribution in [1.82, 2.24) is 45.2 Å². The van der Waals surface area contributed by atoms with Crippen LogP contribution in [0.25, 0.3) is 15.9 Å². The van der Waals surface area contributed by atoms with Gasteiger partial charge in [-0.15, -0.1) is 21.5 Å². The summed E-state index contributed by atoms with van der Waals surface area (Å²) in [6.07, 6.45) is 7.92. The number of pyridine rings is 1. The summed E-state index contributed by atoms with van der Waals surface area (Å²) in [4.78, 5) is 69.1. The molecule has 18 nitrogen and oxygen atoms in total. The molecule has 4 aromatic heterocycles. The first-order valence-corrected chi connectivity index (χ1v) is 24.8. The molecule has 0 aliphatic carbocycles. The van der Waals surface area contributed by atoms with Crippen molar-refractivity contribution in [2.45, 2.75) is 78.2 Å². The lowest BCUT2D eigenvalue weighted by atomic mass is 9.96. The number of carbonyl (C=O) groups excluding carboxylic acids is 3. The third-order valence-corrected chi connectivity index (χ3v) is 14.3.